The van der Waals surface area contributed by atoms with Crippen molar-refractivity contribution in [3.8, 4) is 11.6 Å². The second-order valence-electron chi connectivity index (χ2n) is 3.09. The van der Waals surface area contributed by atoms with Crippen LogP contribution < -0.4 is 10.3 Å². The molecule has 1 aromatic heterocycles. The number of nitrogens with zero attached hydrogens (tertiary/aromatic N) is 2. The molecule has 0 N–H and O–H groups in total. The minimum Gasteiger partial charge on any atom is -0.477 e. The topological polar surface area (TPSA) is 44.1 Å². The lowest BCUT2D eigenvalue weighted by molar-refractivity contribution is 0.388. The molecule has 0 bridgehead atoms. The molecule has 5 heteroatoms. The van der Waals surface area contributed by atoms with E-state index in [0.717, 1.165) is 5.69 Å². The fourth-order valence-corrected chi connectivity index (χ4v) is 1.46. The highest BCUT2D eigenvalue weighted by molar-refractivity contribution is 6.30. The van der Waals surface area contributed by atoms with E-state index in [1.807, 2.05) is 0 Å². The van der Waals surface area contributed by atoms with Gasteiger partial charge in [-0.05, 0) is 24.3 Å². The van der Waals surface area contributed by atoms with Crippen molar-refractivity contribution in [2.24, 2.45) is 0 Å². The number of halogens is 1. The van der Waals surface area contributed by atoms with Crippen LogP contribution in [-0.2, 0) is 0 Å². The van der Waals surface area contributed by atoms with Crippen LogP contribution in [0.15, 0.2) is 41.5 Å². The molecule has 0 saturated heterocycles. The zero-order chi connectivity index (χ0) is 11.5. The molecular weight excluding hydrogens is 228 g/mol. The van der Waals surface area contributed by atoms with Crippen molar-refractivity contribution in [1.29, 1.82) is 0 Å². The van der Waals surface area contributed by atoms with Crippen LogP contribution in [0.25, 0.3) is 5.69 Å². The quantitative estimate of drug-likeness (QED) is 0.800. The lowest BCUT2D eigenvalue weighted by Crippen LogP contribution is -2.20. The molecule has 0 amide bonds. The third-order valence-corrected chi connectivity index (χ3v) is 2.36. The Hall–Kier alpha value is -1.81. The third-order valence-electron chi connectivity index (χ3n) is 2.11. The minimum atomic E-state index is -0.299. The number of rotatable bonds is 2. The summed E-state index contributed by atoms with van der Waals surface area (Å²) >= 11 is 5.77. The van der Waals surface area contributed by atoms with E-state index < -0.39 is 0 Å². The highest BCUT2D eigenvalue weighted by Gasteiger charge is 2.05. The molecule has 0 aliphatic rings. The monoisotopic (exact) mass is 236 g/mol. The Balaban J connectivity index is 2.56. The van der Waals surface area contributed by atoms with Crippen LogP contribution in [-0.4, -0.2) is 16.7 Å². The summed E-state index contributed by atoms with van der Waals surface area (Å²) in [7, 11) is 1.41. The SMILES string of the molecule is COc1nccn(-c2ccc(Cl)cc2)c1=O. The van der Waals surface area contributed by atoms with Gasteiger partial charge in [-0.2, -0.15) is 0 Å². The first-order chi connectivity index (χ1) is 7.72. The Morgan fingerprint density at radius 1 is 1.31 bits per heavy atom. The first-order valence-electron chi connectivity index (χ1n) is 4.60. The van der Waals surface area contributed by atoms with Crippen LogP contribution in [0, 0.1) is 0 Å². The lowest BCUT2D eigenvalue weighted by Gasteiger charge is -2.06. The Morgan fingerprint density at radius 3 is 2.62 bits per heavy atom. The van der Waals surface area contributed by atoms with Gasteiger partial charge in [-0.15, -0.1) is 0 Å². The molecule has 82 valence electrons. The van der Waals surface area contributed by atoms with Crippen molar-refractivity contribution in [1.82, 2.24) is 9.55 Å². The predicted molar refractivity (Wildman–Crippen MR) is 61.4 cm³/mol. The van der Waals surface area contributed by atoms with Gasteiger partial charge < -0.3 is 4.74 Å². The van der Waals surface area contributed by atoms with Gasteiger partial charge in [0.2, 0.25) is 0 Å². The van der Waals surface area contributed by atoms with Crippen molar-refractivity contribution in [3.63, 3.8) is 0 Å². The molecule has 0 unspecified atom stereocenters. The van der Waals surface area contributed by atoms with Crippen molar-refractivity contribution < 1.29 is 4.74 Å². The fourth-order valence-electron chi connectivity index (χ4n) is 1.34. The molecule has 0 radical (unpaired) electrons. The molecular formula is C11H9ClN2O2. The highest BCUT2D eigenvalue weighted by atomic mass is 35.5. The van der Waals surface area contributed by atoms with Crippen LogP contribution in [0.2, 0.25) is 5.02 Å². The molecule has 0 saturated carbocycles. The summed E-state index contributed by atoms with van der Waals surface area (Å²) in [5.41, 5.74) is 0.419. The third kappa shape index (κ3) is 1.92. The highest BCUT2D eigenvalue weighted by Crippen LogP contribution is 2.12. The maximum absolute atomic E-state index is 11.8. The maximum atomic E-state index is 11.8. The van der Waals surface area contributed by atoms with Crippen molar-refractivity contribution in [3.05, 3.63) is 52.0 Å². The van der Waals surface area contributed by atoms with E-state index >= 15 is 0 Å². The minimum absolute atomic E-state index is 0.0671. The summed E-state index contributed by atoms with van der Waals surface area (Å²) in [6.45, 7) is 0. The molecule has 16 heavy (non-hydrogen) atoms. The molecule has 0 fully saturated rings. The molecule has 0 aliphatic heterocycles. The van der Waals surface area contributed by atoms with E-state index in [4.69, 9.17) is 16.3 Å². The normalized spacial score (nSPS) is 10.1. The second-order valence-corrected chi connectivity index (χ2v) is 3.52. The molecule has 4 nitrogen and oxygen atoms in total. The van der Waals surface area contributed by atoms with Gasteiger partial charge in [-0.25, -0.2) is 4.98 Å². The summed E-state index contributed by atoms with van der Waals surface area (Å²) in [6.07, 6.45) is 3.09. The van der Waals surface area contributed by atoms with Crippen molar-refractivity contribution in [2.45, 2.75) is 0 Å². The molecule has 0 aliphatic carbocycles. The van der Waals surface area contributed by atoms with Crippen LogP contribution >= 0.6 is 11.6 Å². The van der Waals surface area contributed by atoms with Gasteiger partial charge in [0, 0.05) is 23.1 Å². The van der Waals surface area contributed by atoms with E-state index in [-0.39, 0.29) is 11.4 Å². The van der Waals surface area contributed by atoms with Crippen molar-refractivity contribution >= 4 is 11.6 Å². The van der Waals surface area contributed by atoms with E-state index in [1.165, 1.54) is 17.9 Å². The van der Waals surface area contributed by atoms with Crippen LogP contribution in [0.4, 0.5) is 0 Å². The largest absolute Gasteiger partial charge is 0.477 e. The molecule has 1 heterocycles. The average molecular weight is 237 g/mol. The van der Waals surface area contributed by atoms with Crippen LogP contribution in [0.1, 0.15) is 0 Å². The smallest absolute Gasteiger partial charge is 0.317 e. The van der Waals surface area contributed by atoms with Gasteiger partial charge in [0.05, 0.1) is 7.11 Å². The molecule has 2 aromatic rings. The maximum Gasteiger partial charge on any atom is 0.317 e. The van der Waals surface area contributed by atoms with Gasteiger partial charge in [0.1, 0.15) is 0 Å². The Morgan fingerprint density at radius 2 is 2.00 bits per heavy atom. The summed E-state index contributed by atoms with van der Waals surface area (Å²) in [6, 6.07) is 6.94. The number of hydrogen-bond donors (Lipinski definition) is 0. The lowest BCUT2D eigenvalue weighted by atomic mass is 10.3. The van der Waals surface area contributed by atoms with E-state index in [9.17, 15) is 4.79 Å². The van der Waals surface area contributed by atoms with E-state index in [2.05, 4.69) is 4.98 Å². The zero-order valence-corrected chi connectivity index (χ0v) is 9.31. The van der Waals surface area contributed by atoms with Gasteiger partial charge in [0.25, 0.3) is 5.88 Å². The van der Waals surface area contributed by atoms with Crippen LogP contribution in [0.3, 0.4) is 0 Å². The van der Waals surface area contributed by atoms with Gasteiger partial charge in [0.15, 0.2) is 0 Å². The molecule has 1 aromatic carbocycles. The van der Waals surface area contributed by atoms with Gasteiger partial charge in [-0.1, -0.05) is 11.6 Å². The Kier molecular flexibility index (Phi) is 2.92. The Bertz CT molecular complexity index is 549. The number of ether oxygens (including phenoxy) is 1. The number of hydrogen-bond acceptors (Lipinski definition) is 3. The first-order valence-corrected chi connectivity index (χ1v) is 4.98. The summed E-state index contributed by atoms with van der Waals surface area (Å²) in [5, 5.41) is 0.623. The number of aromatic nitrogens is 2. The van der Waals surface area contributed by atoms with Crippen LogP contribution in [0.5, 0.6) is 5.88 Å². The summed E-state index contributed by atoms with van der Waals surface area (Å²) in [4.78, 5) is 15.6. The second kappa shape index (κ2) is 4.37. The molecule has 2 rings (SSSR count). The van der Waals surface area contributed by atoms with E-state index in [1.54, 1.807) is 30.5 Å². The fraction of sp³-hybridized carbons (Fsp3) is 0.0909. The number of methoxy groups -OCH3 is 1. The average Bonchev–Trinajstić information content (AvgIpc) is 2.31. The van der Waals surface area contributed by atoms with Crippen molar-refractivity contribution in [2.75, 3.05) is 7.11 Å². The van der Waals surface area contributed by atoms with E-state index in [0.29, 0.717) is 5.02 Å². The predicted octanol–water partition coefficient (Wildman–Crippen LogP) is 1.89. The Labute approximate surface area is 97.1 Å². The zero-order valence-electron chi connectivity index (χ0n) is 8.55. The van der Waals surface area contributed by atoms with Gasteiger partial charge >= 0.3 is 5.56 Å². The standard InChI is InChI=1S/C11H9ClN2O2/c1-16-10-11(15)14(7-6-13-10)9-4-2-8(12)3-5-9/h2-7H,1H3. The summed E-state index contributed by atoms with van der Waals surface area (Å²) < 4.78 is 6.31. The first kappa shape index (κ1) is 10.7. The van der Waals surface area contributed by atoms with Gasteiger partial charge in [-0.3, -0.25) is 9.36 Å². The summed E-state index contributed by atoms with van der Waals surface area (Å²) in [5.74, 6) is 0.0671. The molecule has 0 spiro atoms. The molecule has 0 atom stereocenters. The number of benzene rings is 1.